The van der Waals surface area contributed by atoms with Gasteiger partial charge in [0.2, 0.25) is 5.13 Å². The zero-order valence-corrected chi connectivity index (χ0v) is 16.6. The van der Waals surface area contributed by atoms with Crippen LogP contribution < -0.4 is 14.8 Å². The molecule has 1 aromatic heterocycles. The van der Waals surface area contributed by atoms with E-state index in [2.05, 4.69) is 15.5 Å². The van der Waals surface area contributed by atoms with Crippen LogP contribution in [0.3, 0.4) is 0 Å². The SMILES string of the molecule is CCOc1ccc(C(=O)CSc2nnc(Nc3ccc(OC)cc3)s2)cc1. The molecule has 0 fully saturated rings. The number of hydrogen-bond acceptors (Lipinski definition) is 8. The molecule has 6 nitrogen and oxygen atoms in total. The Bertz CT molecular complexity index is 880. The number of carbonyl (C=O) groups excluding carboxylic acids is 1. The smallest absolute Gasteiger partial charge is 0.210 e. The second kappa shape index (κ2) is 9.38. The van der Waals surface area contributed by atoms with Crippen LogP contribution in [0.15, 0.2) is 52.9 Å². The summed E-state index contributed by atoms with van der Waals surface area (Å²) >= 11 is 2.79. The number of rotatable bonds is 9. The number of ether oxygens (including phenoxy) is 2. The fourth-order valence-electron chi connectivity index (χ4n) is 2.23. The molecule has 0 saturated carbocycles. The van der Waals surface area contributed by atoms with E-state index < -0.39 is 0 Å². The van der Waals surface area contributed by atoms with Crippen molar-refractivity contribution in [3.05, 3.63) is 54.1 Å². The van der Waals surface area contributed by atoms with Crippen molar-refractivity contribution in [3.8, 4) is 11.5 Å². The van der Waals surface area contributed by atoms with Gasteiger partial charge in [-0.05, 0) is 55.5 Å². The minimum absolute atomic E-state index is 0.0444. The Morgan fingerprint density at radius 3 is 2.44 bits per heavy atom. The predicted molar refractivity (Wildman–Crippen MR) is 109 cm³/mol. The fraction of sp³-hybridized carbons (Fsp3) is 0.211. The van der Waals surface area contributed by atoms with Crippen LogP contribution in [0, 0.1) is 0 Å². The fourth-order valence-corrected chi connectivity index (χ4v) is 3.90. The predicted octanol–water partition coefficient (Wildman–Crippen LogP) is 4.66. The van der Waals surface area contributed by atoms with Gasteiger partial charge >= 0.3 is 0 Å². The van der Waals surface area contributed by atoms with Crippen LogP contribution in [0.25, 0.3) is 0 Å². The molecule has 0 atom stereocenters. The van der Waals surface area contributed by atoms with Gasteiger partial charge in [0.1, 0.15) is 11.5 Å². The number of thioether (sulfide) groups is 1. The molecule has 27 heavy (non-hydrogen) atoms. The number of benzene rings is 2. The average molecular weight is 402 g/mol. The summed E-state index contributed by atoms with van der Waals surface area (Å²) in [5, 5.41) is 12.1. The molecule has 0 amide bonds. The molecule has 1 heterocycles. The summed E-state index contributed by atoms with van der Waals surface area (Å²) in [7, 11) is 1.63. The van der Waals surface area contributed by atoms with Gasteiger partial charge in [-0.15, -0.1) is 10.2 Å². The molecule has 0 aliphatic carbocycles. The summed E-state index contributed by atoms with van der Waals surface area (Å²) in [5.74, 6) is 1.91. The van der Waals surface area contributed by atoms with Crippen molar-refractivity contribution in [3.63, 3.8) is 0 Å². The minimum Gasteiger partial charge on any atom is -0.497 e. The summed E-state index contributed by atoms with van der Waals surface area (Å²) in [4.78, 5) is 12.3. The first-order valence-electron chi connectivity index (χ1n) is 8.31. The van der Waals surface area contributed by atoms with Crippen molar-refractivity contribution in [1.29, 1.82) is 0 Å². The van der Waals surface area contributed by atoms with Crippen LogP contribution in [0.5, 0.6) is 11.5 Å². The van der Waals surface area contributed by atoms with Gasteiger partial charge < -0.3 is 14.8 Å². The highest BCUT2D eigenvalue weighted by Gasteiger charge is 2.10. The van der Waals surface area contributed by atoms with E-state index in [1.165, 1.54) is 23.1 Å². The van der Waals surface area contributed by atoms with Crippen LogP contribution >= 0.6 is 23.1 Å². The third-order valence-electron chi connectivity index (χ3n) is 3.56. The van der Waals surface area contributed by atoms with E-state index in [0.717, 1.165) is 21.5 Å². The highest BCUT2D eigenvalue weighted by atomic mass is 32.2. The normalized spacial score (nSPS) is 10.4. The molecule has 0 saturated heterocycles. The molecule has 3 rings (SSSR count). The zero-order valence-electron chi connectivity index (χ0n) is 15.0. The average Bonchev–Trinajstić information content (AvgIpc) is 3.15. The van der Waals surface area contributed by atoms with Crippen molar-refractivity contribution in [2.45, 2.75) is 11.3 Å². The maximum Gasteiger partial charge on any atom is 0.210 e. The number of carbonyl (C=O) groups is 1. The van der Waals surface area contributed by atoms with Crippen molar-refractivity contribution >= 4 is 39.7 Å². The van der Waals surface area contributed by atoms with Gasteiger partial charge in [-0.1, -0.05) is 23.1 Å². The van der Waals surface area contributed by atoms with Crippen LogP contribution in [-0.4, -0.2) is 35.5 Å². The number of methoxy groups -OCH3 is 1. The van der Waals surface area contributed by atoms with E-state index in [9.17, 15) is 4.79 Å². The first-order chi connectivity index (χ1) is 13.2. The van der Waals surface area contributed by atoms with E-state index in [1.807, 2.05) is 43.3 Å². The van der Waals surface area contributed by atoms with Crippen molar-refractivity contribution < 1.29 is 14.3 Å². The van der Waals surface area contributed by atoms with Crippen LogP contribution in [0.1, 0.15) is 17.3 Å². The van der Waals surface area contributed by atoms with Crippen molar-refractivity contribution in [2.24, 2.45) is 0 Å². The number of aromatic nitrogens is 2. The zero-order chi connectivity index (χ0) is 19.1. The highest BCUT2D eigenvalue weighted by molar-refractivity contribution is 8.01. The Morgan fingerprint density at radius 2 is 1.78 bits per heavy atom. The summed E-state index contributed by atoms with van der Waals surface area (Å²) in [6.07, 6.45) is 0. The molecule has 0 spiro atoms. The van der Waals surface area contributed by atoms with Crippen LogP contribution in [0.4, 0.5) is 10.8 Å². The number of nitrogens with one attached hydrogen (secondary N) is 1. The molecule has 8 heteroatoms. The lowest BCUT2D eigenvalue weighted by Gasteiger charge is -2.04. The van der Waals surface area contributed by atoms with Crippen molar-refractivity contribution in [1.82, 2.24) is 10.2 Å². The molecular weight excluding hydrogens is 382 g/mol. The molecule has 0 radical (unpaired) electrons. The van der Waals surface area contributed by atoms with Gasteiger partial charge in [0.15, 0.2) is 10.1 Å². The first-order valence-corrected chi connectivity index (χ1v) is 10.1. The maximum atomic E-state index is 12.3. The second-order valence-corrected chi connectivity index (χ2v) is 7.60. The Morgan fingerprint density at radius 1 is 1.07 bits per heavy atom. The molecule has 0 bridgehead atoms. The highest BCUT2D eigenvalue weighted by Crippen LogP contribution is 2.28. The van der Waals surface area contributed by atoms with Gasteiger partial charge in [-0.2, -0.15) is 0 Å². The first kappa shape index (κ1) is 19.2. The molecule has 0 aliphatic rings. The quantitative estimate of drug-likeness (QED) is 0.413. The Labute approximate surface area is 165 Å². The third-order valence-corrected chi connectivity index (χ3v) is 5.53. The molecule has 0 unspecified atom stereocenters. The Kier molecular flexibility index (Phi) is 6.67. The number of Topliss-reactive ketones (excluding diaryl/α,β-unsaturated/α-hetero) is 1. The Balaban J connectivity index is 1.53. The molecule has 3 aromatic rings. The number of ketones is 1. The lowest BCUT2D eigenvalue weighted by molar-refractivity contribution is 0.102. The number of anilines is 2. The molecule has 1 N–H and O–H groups in total. The van der Waals surface area contributed by atoms with E-state index in [-0.39, 0.29) is 5.78 Å². The summed E-state index contributed by atoms with van der Waals surface area (Å²) in [6, 6.07) is 14.7. The van der Waals surface area contributed by atoms with Gasteiger partial charge in [0.05, 0.1) is 19.5 Å². The van der Waals surface area contributed by atoms with E-state index >= 15 is 0 Å². The lowest BCUT2D eigenvalue weighted by Crippen LogP contribution is -2.02. The maximum absolute atomic E-state index is 12.3. The lowest BCUT2D eigenvalue weighted by atomic mass is 10.1. The minimum atomic E-state index is 0.0444. The summed E-state index contributed by atoms with van der Waals surface area (Å²) < 4.78 is 11.3. The molecule has 140 valence electrons. The summed E-state index contributed by atoms with van der Waals surface area (Å²) in [6.45, 7) is 2.53. The van der Waals surface area contributed by atoms with Crippen LogP contribution in [-0.2, 0) is 0 Å². The van der Waals surface area contributed by atoms with E-state index in [0.29, 0.717) is 23.1 Å². The third kappa shape index (κ3) is 5.45. The largest absolute Gasteiger partial charge is 0.497 e. The topological polar surface area (TPSA) is 73.3 Å². The molecule has 2 aromatic carbocycles. The van der Waals surface area contributed by atoms with Gasteiger partial charge in [-0.3, -0.25) is 4.79 Å². The van der Waals surface area contributed by atoms with E-state index in [4.69, 9.17) is 9.47 Å². The molecule has 0 aliphatic heterocycles. The molecular formula is C19H19N3O3S2. The summed E-state index contributed by atoms with van der Waals surface area (Å²) in [5.41, 5.74) is 1.56. The van der Waals surface area contributed by atoms with Crippen molar-refractivity contribution in [2.75, 3.05) is 24.8 Å². The number of nitrogens with zero attached hydrogens (tertiary/aromatic N) is 2. The van der Waals surface area contributed by atoms with Gasteiger partial charge in [0.25, 0.3) is 0 Å². The monoisotopic (exact) mass is 401 g/mol. The Hall–Kier alpha value is -2.58. The standard InChI is InChI=1S/C19H19N3O3S2/c1-3-25-16-8-4-13(5-9-16)17(23)12-26-19-22-21-18(27-19)20-14-6-10-15(24-2)11-7-14/h4-11H,3,12H2,1-2H3,(H,20,21). The van der Waals surface area contributed by atoms with Crippen LogP contribution in [0.2, 0.25) is 0 Å². The van der Waals surface area contributed by atoms with E-state index in [1.54, 1.807) is 19.2 Å². The second-order valence-electron chi connectivity index (χ2n) is 5.40. The van der Waals surface area contributed by atoms with Gasteiger partial charge in [0, 0.05) is 11.3 Å². The number of hydrogen-bond donors (Lipinski definition) is 1. The van der Waals surface area contributed by atoms with Gasteiger partial charge in [-0.25, -0.2) is 0 Å².